The number of furan rings is 1. The molecule has 0 saturated heterocycles. The number of nitro groups is 1. The molecule has 212 valence electrons. The van der Waals surface area contributed by atoms with Crippen molar-refractivity contribution in [2.24, 2.45) is 11.0 Å². The van der Waals surface area contributed by atoms with Crippen LogP contribution in [0.15, 0.2) is 58.0 Å². The van der Waals surface area contributed by atoms with Crippen LogP contribution in [0.3, 0.4) is 0 Å². The highest BCUT2D eigenvalue weighted by Gasteiger charge is 2.22. The Morgan fingerprint density at radius 3 is 2.65 bits per heavy atom. The van der Waals surface area contributed by atoms with Gasteiger partial charge in [0.1, 0.15) is 23.3 Å². The Bertz CT molecular complexity index is 1390. The summed E-state index contributed by atoms with van der Waals surface area (Å²) in [4.78, 5) is 36.0. The van der Waals surface area contributed by atoms with Crippen molar-refractivity contribution in [1.29, 1.82) is 0 Å². The summed E-state index contributed by atoms with van der Waals surface area (Å²) in [5.41, 5.74) is 3.50. The molecule has 0 fully saturated rings. The Balaban J connectivity index is 1.53. The molecular formula is C28H30Cl2N4O6. The van der Waals surface area contributed by atoms with Gasteiger partial charge in [0.05, 0.1) is 22.8 Å². The first-order valence-electron chi connectivity index (χ1n) is 12.6. The van der Waals surface area contributed by atoms with E-state index < -0.39 is 16.9 Å². The van der Waals surface area contributed by atoms with Crippen LogP contribution in [0.1, 0.15) is 44.4 Å². The summed E-state index contributed by atoms with van der Waals surface area (Å²) in [5, 5.41) is 18.8. The zero-order chi connectivity index (χ0) is 29.2. The third-order valence-electron chi connectivity index (χ3n) is 5.82. The maximum Gasteiger partial charge on any atom is 0.273 e. The smallest absolute Gasteiger partial charge is 0.273 e. The van der Waals surface area contributed by atoms with Crippen molar-refractivity contribution in [1.82, 2.24) is 10.7 Å². The number of nitrogens with one attached hydrogen (secondary N) is 2. The average Bonchev–Trinajstić information content (AvgIpc) is 3.35. The van der Waals surface area contributed by atoms with Gasteiger partial charge in [-0.25, -0.2) is 5.43 Å². The van der Waals surface area contributed by atoms with Crippen LogP contribution in [-0.4, -0.2) is 35.6 Å². The molecule has 40 heavy (non-hydrogen) atoms. The molecule has 1 heterocycles. The van der Waals surface area contributed by atoms with Crippen LogP contribution in [-0.2, 0) is 9.59 Å². The zero-order valence-electron chi connectivity index (χ0n) is 22.3. The molecule has 1 atom stereocenters. The molecular weight excluding hydrogens is 559 g/mol. The molecule has 0 unspecified atom stereocenters. The van der Waals surface area contributed by atoms with E-state index in [1.807, 2.05) is 13.8 Å². The lowest BCUT2D eigenvalue weighted by Gasteiger charge is -2.19. The number of amides is 2. The van der Waals surface area contributed by atoms with E-state index in [0.29, 0.717) is 51.3 Å². The van der Waals surface area contributed by atoms with E-state index in [0.717, 1.165) is 0 Å². The van der Waals surface area contributed by atoms with Gasteiger partial charge in [0, 0.05) is 28.6 Å². The number of ether oxygens (including phenoxy) is 1. The number of nitro benzene ring substituents is 1. The summed E-state index contributed by atoms with van der Waals surface area (Å²) >= 11 is 12.0. The monoisotopic (exact) mass is 588 g/mol. The second-order valence-electron chi connectivity index (χ2n) is 9.42. The molecule has 0 bridgehead atoms. The highest BCUT2D eigenvalue weighted by Crippen LogP contribution is 2.31. The first-order valence-corrected chi connectivity index (χ1v) is 13.3. The zero-order valence-corrected chi connectivity index (χ0v) is 23.8. The average molecular weight is 589 g/mol. The van der Waals surface area contributed by atoms with Crippen molar-refractivity contribution < 1.29 is 23.7 Å². The van der Waals surface area contributed by atoms with Crippen molar-refractivity contribution in [3.8, 4) is 17.1 Å². The van der Waals surface area contributed by atoms with E-state index in [-0.39, 0.29) is 30.5 Å². The normalized spacial score (nSPS) is 11.9. The molecule has 0 aliphatic rings. The molecule has 0 radical (unpaired) electrons. The van der Waals surface area contributed by atoms with Gasteiger partial charge in [-0.05, 0) is 56.0 Å². The number of carbonyl (C=O) groups excluding carboxylic acids is 2. The van der Waals surface area contributed by atoms with E-state index in [9.17, 15) is 19.7 Å². The van der Waals surface area contributed by atoms with E-state index >= 15 is 0 Å². The summed E-state index contributed by atoms with van der Waals surface area (Å²) in [6, 6.07) is 12.2. The maximum absolute atomic E-state index is 12.8. The summed E-state index contributed by atoms with van der Waals surface area (Å²) in [7, 11) is 0. The summed E-state index contributed by atoms with van der Waals surface area (Å²) in [6.45, 7) is 5.80. The molecule has 10 nitrogen and oxygen atoms in total. The summed E-state index contributed by atoms with van der Waals surface area (Å²) in [6.07, 6.45) is 2.31. The van der Waals surface area contributed by atoms with Crippen molar-refractivity contribution in [3.63, 3.8) is 0 Å². The van der Waals surface area contributed by atoms with Gasteiger partial charge in [0.25, 0.3) is 11.6 Å². The number of benzene rings is 2. The first-order chi connectivity index (χ1) is 19.0. The molecule has 3 aromatic rings. The highest BCUT2D eigenvalue weighted by molar-refractivity contribution is 6.35. The maximum atomic E-state index is 12.8. The number of hydrogen-bond acceptors (Lipinski definition) is 7. The molecule has 0 aliphatic heterocycles. The molecule has 0 aliphatic carbocycles. The minimum atomic E-state index is -0.782. The van der Waals surface area contributed by atoms with Gasteiger partial charge < -0.3 is 14.5 Å². The lowest BCUT2D eigenvalue weighted by atomic mass is 10.0. The Kier molecular flexibility index (Phi) is 11.1. The fourth-order valence-corrected chi connectivity index (χ4v) is 4.33. The molecule has 2 N–H and O–H groups in total. The molecule has 2 amide bonds. The van der Waals surface area contributed by atoms with Crippen molar-refractivity contribution >= 4 is 46.9 Å². The highest BCUT2D eigenvalue weighted by atomic mass is 35.5. The quantitative estimate of drug-likeness (QED) is 0.104. The number of halogens is 2. The third kappa shape index (κ3) is 8.82. The summed E-state index contributed by atoms with van der Waals surface area (Å²) in [5.74, 6) is 0.626. The van der Waals surface area contributed by atoms with Crippen LogP contribution in [0.25, 0.3) is 11.3 Å². The van der Waals surface area contributed by atoms with Gasteiger partial charge in [-0.15, -0.1) is 0 Å². The molecule has 0 saturated carbocycles. The molecule has 12 heteroatoms. The molecule has 3 rings (SSSR count). The van der Waals surface area contributed by atoms with Gasteiger partial charge in [-0.2, -0.15) is 5.10 Å². The lowest BCUT2D eigenvalue weighted by molar-refractivity contribution is -0.385. The fourth-order valence-electron chi connectivity index (χ4n) is 3.87. The predicted octanol–water partition coefficient (Wildman–Crippen LogP) is 6.31. The van der Waals surface area contributed by atoms with Crippen molar-refractivity contribution in [3.05, 3.63) is 80.0 Å². The predicted molar refractivity (Wildman–Crippen MR) is 154 cm³/mol. The Morgan fingerprint density at radius 1 is 1.18 bits per heavy atom. The van der Waals surface area contributed by atoms with E-state index in [1.54, 1.807) is 49.4 Å². The van der Waals surface area contributed by atoms with Crippen LogP contribution in [0.4, 0.5) is 5.69 Å². The lowest BCUT2D eigenvalue weighted by Crippen LogP contribution is -2.46. The Hall–Kier alpha value is -3.89. The Morgan fingerprint density at radius 2 is 1.95 bits per heavy atom. The van der Waals surface area contributed by atoms with E-state index in [1.165, 1.54) is 12.3 Å². The van der Waals surface area contributed by atoms with Gasteiger partial charge in [0.2, 0.25) is 5.91 Å². The number of carbonyl (C=O) groups is 2. The van der Waals surface area contributed by atoms with Crippen LogP contribution in [0.2, 0.25) is 10.0 Å². The van der Waals surface area contributed by atoms with Crippen LogP contribution < -0.4 is 15.5 Å². The number of hydrazone groups is 1. The second-order valence-corrected chi connectivity index (χ2v) is 10.3. The van der Waals surface area contributed by atoms with E-state index in [2.05, 4.69) is 15.8 Å². The largest absolute Gasteiger partial charge is 0.492 e. The molecule has 0 spiro atoms. The molecule has 2 aromatic carbocycles. The van der Waals surface area contributed by atoms with Gasteiger partial charge in [-0.3, -0.25) is 19.7 Å². The van der Waals surface area contributed by atoms with Gasteiger partial charge >= 0.3 is 0 Å². The van der Waals surface area contributed by atoms with Crippen molar-refractivity contribution in [2.45, 2.75) is 46.1 Å². The van der Waals surface area contributed by atoms with Crippen molar-refractivity contribution in [2.75, 3.05) is 6.61 Å². The van der Waals surface area contributed by atoms with Gasteiger partial charge in [0.15, 0.2) is 0 Å². The molecule has 1 aromatic heterocycles. The standard InChI is InChI=1S/C28H30Cl2N4O6/c1-17(2)14-23(32-27(35)8-5-13-39-26-11-9-19(29)15-22(26)30)28(36)33-31-16-20-10-12-25(40-20)21-6-4-7-24(18(21)3)34(37)38/h4,6-7,9-12,15-17,23H,5,8,13-14H2,1-3H3,(H,32,35)(H,33,36)/b31-16-/t23-/m0/s1. The van der Waals surface area contributed by atoms with Crippen LogP contribution >= 0.6 is 23.2 Å². The summed E-state index contributed by atoms with van der Waals surface area (Å²) < 4.78 is 11.3. The number of hydrogen-bond donors (Lipinski definition) is 2. The minimum Gasteiger partial charge on any atom is -0.492 e. The Labute approximate surface area is 241 Å². The SMILES string of the molecule is Cc1c(-c2ccc(/C=N\NC(=O)[C@H](CC(C)C)NC(=O)CCCOc3ccc(Cl)cc3Cl)o2)cccc1[N+](=O)[O-]. The number of nitrogens with zero attached hydrogens (tertiary/aromatic N) is 2. The van der Waals surface area contributed by atoms with E-state index in [4.69, 9.17) is 32.4 Å². The van der Waals surface area contributed by atoms with Crippen LogP contribution in [0, 0.1) is 23.0 Å². The number of rotatable bonds is 13. The third-order valence-corrected chi connectivity index (χ3v) is 6.35. The topological polar surface area (TPSA) is 136 Å². The van der Waals surface area contributed by atoms with Gasteiger partial charge in [-0.1, -0.05) is 49.2 Å². The first kappa shape index (κ1) is 30.6. The second kappa shape index (κ2) is 14.5. The fraction of sp³-hybridized carbons (Fsp3) is 0.321. The minimum absolute atomic E-state index is 0.00639. The van der Waals surface area contributed by atoms with Crippen LogP contribution in [0.5, 0.6) is 5.75 Å².